The molecule has 0 radical (unpaired) electrons. The van der Waals surface area contributed by atoms with E-state index in [-0.39, 0.29) is 16.9 Å². The summed E-state index contributed by atoms with van der Waals surface area (Å²) in [5.74, 6) is -0.795. The molecule has 1 fully saturated rings. The smallest absolute Gasteiger partial charge is 0.331 e. The Bertz CT molecular complexity index is 633. The summed E-state index contributed by atoms with van der Waals surface area (Å²) in [4.78, 5) is 25.3. The lowest BCUT2D eigenvalue weighted by Gasteiger charge is -2.42. The fourth-order valence-corrected chi connectivity index (χ4v) is 2.86. The first kappa shape index (κ1) is 13.4. The molecule has 1 aliphatic carbocycles. The van der Waals surface area contributed by atoms with Crippen molar-refractivity contribution >= 4 is 5.84 Å². The van der Waals surface area contributed by atoms with Gasteiger partial charge in [0.15, 0.2) is 0 Å². The first-order chi connectivity index (χ1) is 8.71. The highest BCUT2D eigenvalue weighted by molar-refractivity contribution is 5.96. The van der Waals surface area contributed by atoms with Gasteiger partial charge in [-0.2, -0.15) is 0 Å². The van der Waals surface area contributed by atoms with Crippen LogP contribution in [0.4, 0.5) is 0 Å². The second-order valence-corrected chi connectivity index (χ2v) is 5.92. The fraction of sp³-hybridized carbons (Fsp3) is 0.583. The van der Waals surface area contributed by atoms with E-state index in [2.05, 4.69) is 18.8 Å². The maximum absolute atomic E-state index is 11.7. The van der Waals surface area contributed by atoms with E-state index in [4.69, 9.17) is 11.1 Å². The lowest BCUT2D eigenvalue weighted by atomic mass is 9.64. The minimum absolute atomic E-state index is 0.259. The second kappa shape index (κ2) is 4.25. The molecule has 0 aliphatic heterocycles. The van der Waals surface area contributed by atoms with Crippen molar-refractivity contribution in [3.63, 3.8) is 0 Å². The van der Waals surface area contributed by atoms with Crippen LogP contribution in [0.1, 0.15) is 32.3 Å². The zero-order valence-electron chi connectivity index (χ0n) is 11.0. The van der Waals surface area contributed by atoms with Gasteiger partial charge in [-0.25, -0.2) is 4.79 Å². The van der Waals surface area contributed by atoms with Gasteiger partial charge in [-0.3, -0.25) is 19.8 Å². The number of hydrogen-bond acceptors (Lipinski definition) is 4. The molecule has 1 aromatic rings. The number of nitrogen functional groups attached to an aromatic ring is 1. The molecule has 7 nitrogen and oxygen atoms in total. The molecule has 1 saturated carbocycles. The lowest BCUT2D eigenvalue weighted by molar-refractivity contribution is 0.0795. The number of hydrogen-bond donors (Lipinski definition) is 4. The highest BCUT2D eigenvalue weighted by atomic mass is 16.3. The van der Waals surface area contributed by atoms with Crippen molar-refractivity contribution < 1.29 is 5.11 Å². The van der Waals surface area contributed by atoms with Gasteiger partial charge in [-0.15, -0.1) is 0 Å². The second-order valence-electron chi connectivity index (χ2n) is 5.92. The molecule has 0 unspecified atom stereocenters. The van der Waals surface area contributed by atoms with Gasteiger partial charge < -0.3 is 10.8 Å². The van der Waals surface area contributed by atoms with Crippen LogP contribution in [-0.4, -0.2) is 20.5 Å². The maximum Gasteiger partial charge on any atom is 0.331 e. The van der Waals surface area contributed by atoms with Crippen molar-refractivity contribution in [3.05, 3.63) is 26.4 Å². The summed E-state index contributed by atoms with van der Waals surface area (Å²) < 4.78 is 1.08. The molecule has 104 valence electrons. The molecule has 0 bridgehead atoms. The predicted molar refractivity (Wildman–Crippen MR) is 70.5 cm³/mol. The van der Waals surface area contributed by atoms with E-state index in [1.807, 2.05) is 0 Å². The van der Waals surface area contributed by atoms with Gasteiger partial charge in [-0.05, 0) is 24.2 Å². The third-order valence-electron chi connectivity index (χ3n) is 3.56. The number of rotatable bonds is 3. The molecule has 0 aromatic carbocycles. The van der Waals surface area contributed by atoms with Gasteiger partial charge in [0.2, 0.25) is 5.88 Å². The van der Waals surface area contributed by atoms with Gasteiger partial charge in [0.25, 0.3) is 5.56 Å². The number of aromatic hydroxyl groups is 1. The molecule has 7 heteroatoms. The van der Waals surface area contributed by atoms with Gasteiger partial charge >= 0.3 is 5.69 Å². The van der Waals surface area contributed by atoms with Crippen molar-refractivity contribution in [2.75, 3.05) is 0 Å². The summed E-state index contributed by atoms with van der Waals surface area (Å²) in [6.45, 7) is 4.60. The van der Waals surface area contributed by atoms with E-state index >= 15 is 0 Å². The Labute approximate surface area is 109 Å². The van der Waals surface area contributed by atoms with Crippen LogP contribution in [0.25, 0.3) is 0 Å². The summed E-state index contributed by atoms with van der Waals surface area (Å²) in [5.41, 5.74) is 3.65. The lowest BCUT2D eigenvalue weighted by Crippen LogP contribution is -2.40. The molecule has 0 amide bonds. The van der Waals surface area contributed by atoms with E-state index in [1.165, 1.54) is 0 Å². The van der Waals surface area contributed by atoms with Crippen LogP contribution in [0.5, 0.6) is 5.88 Å². The third kappa shape index (κ3) is 2.40. The third-order valence-corrected chi connectivity index (χ3v) is 3.56. The van der Waals surface area contributed by atoms with Crippen LogP contribution < -0.4 is 17.0 Å². The van der Waals surface area contributed by atoms with Crippen molar-refractivity contribution in [2.45, 2.75) is 33.2 Å². The molecule has 0 atom stereocenters. The Morgan fingerprint density at radius 1 is 1.53 bits per heavy atom. The first-order valence-corrected chi connectivity index (χ1v) is 6.12. The summed E-state index contributed by atoms with van der Waals surface area (Å²) in [6, 6.07) is 0. The number of amidine groups is 1. The number of aromatic nitrogens is 2. The minimum atomic E-state index is -0.833. The van der Waals surface area contributed by atoms with E-state index < -0.39 is 23.0 Å². The Kier molecular flexibility index (Phi) is 3.00. The Hall–Kier alpha value is -2.05. The van der Waals surface area contributed by atoms with Crippen molar-refractivity contribution in [1.29, 1.82) is 5.41 Å². The quantitative estimate of drug-likeness (QED) is 0.452. The zero-order valence-corrected chi connectivity index (χ0v) is 11.0. The van der Waals surface area contributed by atoms with E-state index in [1.54, 1.807) is 0 Å². The molecule has 1 aromatic heterocycles. The van der Waals surface area contributed by atoms with Crippen LogP contribution in [0.2, 0.25) is 0 Å². The summed E-state index contributed by atoms with van der Waals surface area (Å²) >= 11 is 0. The fourth-order valence-electron chi connectivity index (χ4n) is 2.86. The van der Waals surface area contributed by atoms with Crippen molar-refractivity contribution in [3.8, 4) is 5.88 Å². The molecule has 0 spiro atoms. The monoisotopic (exact) mass is 266 g/mol. The van der Waals surface area contributed by atoms with Gasteiger partial charge in [-0.1, -0.05) is 13.8 Å². The molecule has 1 heterocycles. The van der Waals surface area contributed by atoms with E-state index in [0.29, 0.717) is 6.54 Å². The molecule has 1 aliphatic rings. The highest BCUT2D eigenvalue weighted by Gasteiger charge is 2.36. The standard InChI is InChI=1S/C12H18N4O3/c1-12(2)3-6(4-12)5-16-10(18)7(8(13)14)9(17)15-11(16)19/h6,18H,3-5H2,1-2H3,(H3,13,14)(H,15,17,19). The van der Waals surface area contributed by atoms with E-state index in [9.17, 15) is 14.7 Å². The molecule has 5 N–H and O–H groups in total. The molecule has 0 saturated heterocycles. The predicted octanol–water partition coefficient (Wildman–Crippen LogP) is -0.0375. The largest absolute Gasteiger partial charge is 0.494 e. The molecule has 2 rings (SSSR count). The first-order valence-electron chi connectivity index (χ1n) is 6.12. The number of nitrogens with two attached hydrogens (primary N) is 1. The van der Waals surface area contributed by atoms with Crippen LogP contribution in [0.15, 0.2) is 9.59 Å². The van der Waals surface area contributed by atoms with Gasteiger partial charge in [0, 0.05) is 6.54 Å². The number of nitrogens with zero attached hydrogens (tertiary/aromatic N) is 1. The number of nitrogens with one attached hydrogen (secondary N) is 2. The van der Waals surface area contributed by atoms with Gasteiger partial charge in [0.1, 0.15) is 11.4 Å². The molecular formula is C12H18N4O3. The van der Waals surface area contributed by atoms with Crippen LogP contribution in [0, 0.1) is 16.7 Å². The van der Waals surface area contributed by atoms with Crippen LogP contribution in [0.3, 0.4) is 0 Å². The van der Waals surface area contributed by atoms with E-state index in [0.717, 1.165) is 17.4 Å². The van der Waals surface area contributed by atoms with Crippen molar-refractivity contribution in [1.82, 2.24) is 9.55 Å². The van der Waals surface area contributed by atoms with Crippen LogP contribution in [-0.2, 0) is 6.54 Å². The highest BCUT2D eigenvalue weighted by Crippen LogP contribution is 2.45. The normalized spacial score (nSPS) is 18.0. The summed E-state index contributed by atoms with van der Waals surface area (Å²) in [5, 5.41) is 17.2. The summed E-state index contributed by atoms with van der Waals surface area (Å²) in [6.07, 6.45) is 1.90. The Morgan fingerprint density at radius 3 is 2.58 bits per heavy atom. The molecular weight excluding hydrogens is 248 g/mol. The number of aromatic amines is 1. The minimum Gasteiger partial charge on any atom is -0.494 e. The molecule has 19 heavy (non-hydrogen) atoms. The maximum atomic E-state index is 11.7. The summed E-state index contributed by atoms with van der Waals surface area (Å²) in [7, 11) is 0. The Morgan fingerprint density at radius 2 is 2.11 bits per heavy atom. The zero-order chi connectivity index (χ0) is 14.4. The van der Waals surface area contributed by atoms with Gasteiger partial charge in [0.05, 0.1) is 0 Å². The average molecular weight is 266 g/mol. The van der Waals surface area contributed by atoms with Crippen LogP contribution >= 0.6 is 0 Å². The number of H-pyrrole nitrogens is 1. The Balaban J connectivity index is 2.36. The SMILES string of the molecule is CC1(C)CC(Cn2c(O)c(C(=N)N)c(=O)[nH]c2=O)C1. The average Bonchev–Trinajstić information content (AvgIpc) is 2.20. The topological polar surface area (TPSA) is 125 Å². The van der Waals surface area contributed by atoms with Crippen molar-refractivity contribution in [2.24, 2.45) is 17.1 Å².